The average Bonchev–Trinajstić information content (AvgIpc) is 3.18. The summed E-state index contributed by atoms with van der Waals surface area (Å²) in [5.74, 6) is -0.685. The van der Waals surface area contributed by atoms with Gasteiger partial charge in [-0.15, -0.1) is 22.7 Å². The number of hydrogen-bond acceptors (Lipinski definition) is 5. The maximum Gasteiger partial charge on any atom is 0.284 e. The number of thiophene rings is 2. The van der Waals surface area contributed by atoms with Crippen LogP contribution in [0, 0.1) is 0 Å². The fourth-order valence-corrected chi connectivity index (χ4v) is 3.81. The lowest BCUT2D eigenvalue weighted by Crippen LogP contribution is -2.21. The largest absolute Gasteiger partial charge is 0.346 e. The van der Waals surface area contributed by atoms with Gasteiger partial charge in [-0.3, -0.25) is 14.8 Å². The van der Waals surface area contributed by atoms with Crippen LogP contribution in [0.1, 0.15) is 24.2 Å². The molecule has 0 atom stereocenters. The van der Waals surface area contributed by atoms with Gasteiger partial charge in [0.2, 0.25) is 0 Å². The minimum Gasteiger partial charge on any atom is -0.346 e. The van der Waals surface area contributed by atoms with Crippen LogP contribution < -0.4 is 10.8 Å². The molecule has 2 heterocycles. The summed E-state index contributed by atoms with van der Waals surface area (Å²) in [4.78, 5) is 25.3. The summed E-state index contributed by atoms with van der Waals surface area (Å²) in [5, 5.41) is 12.5. The van der Waals surface area contributed by atoms with E-state index in [9.17, 15) is 9.59 Å². The zero-order chi connectivity index (χ0) is 15.5. The first-order valence-electron chi connectivity index (χ1n) is 6.47. The molecule has 0 unspecified atom stereocenters. The number of nitrogens with one attached hydrogen (secondary N) is 2. The van der Waals surface area contributed by atoms with Crippen LogP contribution in [0.2, 0.25) is 0 Å². The molecular weight excluding hydrogens is 320 g/mol. The number of carbonyl (C=O) groups excluding carboxylic acids is 2. The highest BCUT2D eigenvalue weighted by atomic mass is 32.1. The molecule has 2 amide bonds. The van der Waals surface area contributed by atoms with Crippen LogP contribution in [0.15, 0.2) is 42.5 Å². The molecule has 2 aromatic heterocycles. The standard InChI is InChI=1S/C15H12N2O3S2/c18-14(13-7-9-3-1-2-4-11(9)22-13)16-8-10-5-6-12(21-10)15(19)17-20/h1-7,20H,8H2,(H,16,18)(H,17,19). The van der Waals surface area contributed by atoms with Gasteiger partial charge in [-0.25, -0.2) is 5.48 Å². The Kier molecular flexibility index (Phi) is 4.19. The fourth-order valence-electron chi connectivity index (χ4n) is 2.00. The molecule has 0 saturated heterocycles. The van der Waals surface area contributed by atoms with E-state index in [1.54, 1.807) is 17.6 Å². The van der Waals surface area contributed by atoms with Gasteiger partial charge in [0.05, 0.1) is 16.3 Å². The van der Waals surface area contributed by atoms with Gasteiger partial charge in [0.25, 0.3) is 11.8 Å². The van der Waals surface area contributed by atoms with Crippen LogP contribution >= 0.6 is 22.7 Å². The van der Waals surface area contributed by atoms with E-state index < -0.39 is 5.91 Å². The minimum atomic E-state index is -0.549. The molecule has 3 rings (SSSR count). The number of carbonyl (C=O) groups is 2. The van der Waals surface area contributed by atoms with E-state index in [1.807, 2.05) is 30.3 Å². The summed E-state index contributed by atoms with van der Waals surface area (Å²) < 4.78 is 1.07. The molecule has 3 aromatic rings. The Labute approximate surface area is 134 Å². The summed E-state index contributed by atoms with van der Waals surface area (Å²) >= 11 is 2.67. The van der Waals surface area contributed by atoms with Crippen molar-refractivity contribution in [2.75, 3.05) is 0 Å². The highest BCUT2D eigenvalue weighted by molar-refractivity contribution is 7.20. The third-order valence-electron chi connectivity index (χ3n) is 3.06. The van der Waals surface area contributed by atoms with Crippen LogP contribution in [0.4, 0.5) is 0 Å². The molecule has 1 aromatic carbocycles. The number of hydrogen-bond donors (Lipinski definition) is 3. The van der Waals surface area contributed by atoms with Gasteiger partial charge in [0, 0.05) is 9.58 Å². The van der Waals surface area contributed by atoms with Crippen molar-refractivity contribution in [1.29, 1.82) is 0 Å². The summed E-state index contributed by atoms with van der Waals surface area (Å²) in [6, 6.07) is 13.1. The summed E-state index contributed by atoms with van der Waals surface area (Å²) in [6.45, 7) is 0.344. The normalized spacial score (nSPS) is 10.6. The van der Waals surface area contributed by atoms with Gasteiger partial charge >= 0.3 is 0 Å². The maximum atomic E-state index is 12.2. The van der Waals surface area contributed by atoms with Gasteiger partial charge in [0.1, 0.15) is 0 Å². The Balaban J connectivity index is 1.67. The molecule has 0 aliphatic rings. The topological polar surface area (TPSA) is 78.4 Å². The van der Waals surface area contributed by atoms with Crippen molar-refractivity contribution >= 4 is 44.6 Å². The quantitative estimate of drug-likeness (QED) is 0.508. The van der Waals surface area contributed by atoms with Gasteiger partial charge in [0.15, 0.2) is 0 Å². The first-order chi connectivity index (χ1) is 10.7. The van der Waals surface area contributed by atoms with Gasteiger partial charge in [-0.05, 0) is 29.7 Å². The molecule has 5 nitrogen and oxygen atoms in total. The molecule has 7 heteroatoms. The van der Waals surface area contributed by atoms with Crippen molar-refractivity contribution in [3.05, 3.63) is 57.1 Å². The molecule has 22 heavy (non-hydrogen) atoms. The average molecular weight is 332 g/mol. The second kappa shape index (κ2) is 6.27. The Morgan fingerprint density at radius 3 is 2.59 bits per heavy atom. The summed E-state index contributed by atoms with van der Waals surface area (Å²) in [5.41, 5.74) is 1.59. The molecule has 0 bridgehead atoms. The zero-order valence-corrected chi connectivity index (χ0v) is 13.0. The number of rotatable bonds is 4. The van der Waals surface area contributed by atoms with Crippen molar-refractivity contribution < 1.29 is 14.8 Å². The van der Waals surface area contributed by atoms with Crippen molar-refractivity contribution in [1.82, 2.24) is 10.8 Å². The van der Waals surface area contributed by atoms with Crippen molar-refractivity contribution in [3.8, 4) is 0 Å². The molecule has 0 aliphatic heterocycles. The lowest BCUT2D eigenvalue weighted by atomic mass is 10.2. The molecule has 0 radical (unpaired) electrons. The maximum absolute atomic E-state index is 12.2. The Morgan fingerprint density at radius 2 is 1.82 bits per heavy atom. The predicted octanol–water partition coefficient (Wildman–Crippen LogP) is 3.01. The summed E-state index contributed by atoms with van der Waals surface area (Å²) in [7, 11) is 0. The number of amides is 2. The molecule has 0 saturated carbocycles. The molecule has 0 fully saturated rings. The van der Waals surface area contributed by atoms with E-state index in [-0.39, 0.29) is 5.91 Å². The Morgan fingerprint density at radius 1 is 1.00 bits per heavy atom. The zero-order valence-electron chi connectivity index (χ0n) is 11.3. The summed E-state index contributed by atoms with van der Waals surface area (Å²) in [6.07, 6.45) is 0. The van der Waals surface area contributed by atoms with Crippen molar-refractivity contribution in [2.24, 2.45) is 0 Å². The van der Waals surface area contributed by atoms with Crippen molar-refractivity contribution in [2.45, 2.75) is 6.54 Å². The van der Waals surface area contributed by atoms with Crippen molar-refractivity contribution in [3.63, 3.8) is 0 Å². The molecule has 0 spiro atoms. The molecule has 3 N–H and O–H groups in total. The first kappa shape index (κ1) is 14.7. The third kappa shape index (κ3) is 3.01. The predicted molar refractivity (Wildman–Crippen MR) is 86.6 cm³/mol. The van der Waals surface area contributed by atoms with Gasteiger partial charge in [-0.1, -0.05) is 18.2 Å². The van der Waals surface area contributed by atoms with Crippen LogP contribution in [0.5, 0.6) is 0 Å². The van der Waals surface area contributed by atoms with Gasteiger partial charge < -0.3 is 5.32 Å². The van der Waals surface area contributed by atoms with Crippen LogP contribution in [0.3, 0.4) is 0 Å². The van der Waals surface area contributed by atoms with E-state index in [4.69, 9.17) is 5.21 Å². The molecular formula is C15H12N2O3S2. The SMILES string of the molecule is O=C(NO)c1ccc(CNC(=O)c2cc3ccccc3s2)s1. The Bertz CT molecular complexity index is 805. The van der Waals surface area contributed by atoms with E-state index in [0.29, 0.717) is 16.3 Å². The highest BCUT2D eigenvalue weighted by Gasteiger charge is 2.12. The molecule has 0 aliphatic carbocycles. The smallest absolute Gasteiger partial charge is 0.284 e. The van der Waals surface area contributed by atoms with E-state index in [1.165, 1.54) is 22.7 Å². The minimum absolute atomic E-state index is 0.136. The van der Waals surface area contributed by atoms with E-state index in [2.05, 4.69) is 5.32 Å². The first-order valence-corrected chi connectivity index (χ1v) is 8.10. The monoisotopic (exact) mass is 332 g/mol. The second-order valence-corrected chi connectivity index (χ2v) is 6.79. The fraction of sp³-hybridized carbons (Fsp3) is 0.0667. The van der Waals surface area contributed by atoms with E-state index in [0.717, 1.165) is 15.0 Å². The second-order valence-electron chi connectivity index (χ2n) is 4.54. The number of hydroxylamine groups is 1. The third-order valence-corrected chi connectivity index (χ3v) is 5.26. The van der Waals surface area contributed by atoms with Gasteiger partial charge in [-0.2, -0.15) is 0 Å². The van der Waals surface area contributed by atoms with E-state index >= 15 is 0 Å². The number of fused-ring (bicyclic) bond motifs is 1. The van der Waals surface area contributed by atoms with Crippen LogP contribution in [-0.2, 0) is 6.54 Å². The Hall–Kier alpha value is -2.22. The number of benzene rings is 1. The lowest BCUT2D eigenvalue weighted by Gasteiger charge is -2.00. The van der Waals surface area contributed by atoms with Crippen LogP contribution in [-0.4, -0.2) is 17.0 Å². The highest BCUT2D eigenvalue weighted by Crippen LogP contribution is 2.25. The molecule has 112 valence electrons. The van der Waals surface area contributed by atoms with Crippen LogP contribution in [0.25, 0.3) is 10.1 Å². The lowest BCUT2D eigenvalue weighted by molar-refractivity contribution is 0.0711.